The quantitative estimate of drug-likeness (QED) is 0.153. The number of hydrazone groups is 1. The number of likely N-dealkylation sites (tertiary alicyclic amines) is 1. The van der Waals surface area contributed by atoms with Crippen LogP contribution in [-0.2, 0) is 14.4 Å². The average Bonchev–Trinajstić information content (AvgIpc) is 3.67. The van der Waals surface area contributed by atoms with Crippen molar-refractivity contribution < 1.29 is 24.3 Å². The van der Waals surface area contributed by atoms with E-state index in [4.69, 9.17) is 5.84 Å². The number of nitrogens with one attached hydrogen (secondary N) is 2. The van der Waals surface area contributed by atoms with E-state index in [-0.39, 0.29) is 24.3 Å². The molecule has 1 heterocycles. The Balaban J connectivity index is 1.64. The molecule has 3 rings (SSSR count). The number of carboxylic acids is 1. The van der Waals surface area contributed by atoms with Crippen LogP contribution in [0.25, 0.3) is 0 Å². The van der Waals surface area contributed by atoms with E-state index in [1.54, 1.807) is 36.7 Å². The zero-order valence-corrected chi connectivity index (χ0v) is 19.1. The minimum atomic E-state index is -1.17. The predicted octanol–water partition coefficient (Wildman–Crippen LogP) is -0.0191. The number of carbonyl (C=O) groups is 4. The lowest BCUT2D eigenvalue weighted by Gasteiger charge is -2.31. The largest absolute Gasteiger partial charge is 0.480 e. The van der Waals surface area contributed by atoms with Gasteiger partial charge in [-0.15, -0.1) is 0 Å². The molecule has 11 nitrogen and oxygen atoms in total. The standard InChI is InChI=1S/C23H32N6O5/c24-26-15-28-10-4-5-16(13-28)12-25-20(30)11-19(27-22(33)17-6-2-1-3-7-17)23(34)29(14-21(31)32)18-8-9-18/h1-3,6-7,15-16,18-19H,4-5,8-14,24H2,(H,25,30)(H,27,33)(H,31,32)/t16-,19-/m0/s1. The lowest BCUT2D eigenvalue weighted by molar-refractivity contribution is -0.146. The fourth-order valence-electron chi connectivity index (χ4n) is 4.13. The third-order valence-electron chi connectivity index (χ3n) is 5.97. The summed E-state index contributed by atoms with van der Waals surface area (Å²) in [7, 11) is 0. The van der Waals surface area contributed by atoms with Crippen LogP contribution >= 0.6 is 0 Å². The van der Waals surface area contributed by atoms with Gasteiger partial charge in [0, 0.05) is 31.2 Å². The maximum Gasteiger partial charge on any atom is 0.323 e. The second-order valence-electron chi connectivity index (χ2n) is 8.76. The van der Waals surface area contributed by atoms with E-state index in [0.29, 0.717) is 31.5 Å². The van der Waals surface area contributed by atoms with Crippen LogP contribution in [0.5, 0.6) is 0 Å². The van der Waals surface area contributed by atoms with Gasteiger partial charge in [-0.3, -0.25) is 19.2 Å². The molecule has 184 valence electrons. The Hall–Kier alpha value is -3.63. The second kappa shape index (κ2) is 12.0. The third kappa shape index (κ3) is 7.46. The van der Waals surface area contributed by atoms with Gasteiger partial charge in [-0.2, -0.15) is 5.10 Å². The minimum absolute atomic E-state index is 0.180. The minimum Gasteiger partial charge on any atom is -0.480 e. The van der Waals surface area contributed by atoms with Gasteiger partial charge in [-0.05, 0) is 43.7 Å². The number of hydrogen-bond acceptors (Lipinski definition) is 6. The van der Waals surface area contributed by atoms with Gasteiger partial charge in [0.15, 0.2) is 0 Å². The van der Waals surface area contributed by atoms with Crippen molar-refractivity contribution in [3.05, 3.63) is 35.9 Å². The van der Waals surface area contributed by atoms with E-state index < -0.39 is 30.4 Å². The molecule has 3 amide bonds. The van der Waals surface area contributed by atoms with Crippen molar-refractivity contribution in [1.82, 2.24) is 20.4 Å². The molecule has 5 N–H and O–H groups in total. The first-order chi connectivity index (χ1) is 16.4. The van der Waals surface area contributed by atoms with E-state index >= 15 is 0 Å². The van der Waals surface area contributed by atoms with Crippen molar-refractivity contribution in [2.45, 2.75) is 44.2 Å². The number of rotatable bonds is 11. The Labute approximate surface area is 198 Å². The molecule has 1 aliphatic carbocycles. The molecule has 2 aliphatic rings. The van der Waals surface area contributed by atoms with Gasteiger partial charge < -0.3 is 31.4 Å². The van der Waals surface area contributed by atoms with Crippen LogP contribution in [0, 0.1) is 5.92 Å². The summed E-state index contributed by atoms with van der Waals surface area (Å²) in [5.41, 5.74) is 0.348. The van der Waals surface area contributed by atoms with E-state index in [1.807, 2.05) is 4.90 Å². The molecule has 34 heavy (non-hydrogen) atoms. The molecule has 1 aliphatic heterocycles. The van der Waals surface area contributed by atoms with Crippen LogP contribution in [0.4, 0.5) is 0 Å². The molecular weight excluding hydrogens is 440 g/mol. The summed E-state index contributed by atoms with van der Waals surface area (Å²) in [5.74, 6) is 2.84. The normalized spacial score (nSPS) is 18.8. The van der Waals surface area contributed by atoms with Crippen molar-refractivity contribution in [1.29, 1.82) is 0 Å². The highest BCUT2D eigenvalue weighted by Gasteiger charge is 2.38. The van der Waals surface area contributed by atoms with Crippen LogP contribution < -0.4 is 16.5 Å². The summed E-state index contributed by atoms with van der Waals surface area (Å²) in [6.45, 7) is 1.52. The highest BCUT2D eigenvalue weighted by Crippen LogP contribution is 2.27. The number of carbonyl (C=O) groups excluding carboxylic acids is 3. The summed E-state index contributed by atoms with van der Waals surface area (Å²) >= 11 is 0. The fourth-order valence-corrected chi connectivity index (χ4v) is 4.13. The molecule has 11 heteroatoms. The SMILES string of the molecule is NN=CN1CCC[C@@H](CNC(=O)C[C@H](NC(=O)c2ccccc2)C(=O)N(CC(=O)O)C2CC2)C1. The first-order valence-corrected chi connectivity index (χ1v) is 11.5. The molecule has 2 fully saturated rings. The van der Waals surface area contributed by atoms with Crippen molar-refractivity contribution >= 4 is 30.0 Å². The molecule has 0 radical (unpaired) electrons. The van der Waals surface area contributed by atoms with Crippen molar-refractivity contribution in [2.24, 2.45) is 16.9 Å². The van der Waals surface area contributed by atoms with Crippen LogP contribution in [-0.4, -0.2) is 83.2 Å². The molecule has 0 unspecified atom stereocenters. The van der Waals surface area contributed by atoms with Gasteiger partial charge in [0.1, 0.15) is 18.9 Å². The number of aliphatic carboxylic acids is 1. The number of hydrogen-bond donors (Lipinski definition) is 4. The Morgan fingerprint density at radius 1 is 1.21 bits per heavy atom. The maximum atomic E-state index is 13.2. The number of benzene rings is 1. The lowest BCUT2D eigenvalue weighted by atomic mass is 9.98. The number of nitrogens with zero attached hydrogens (tertiary/aromatic N) is 3. The summed E-state index contributed by atoms with van der Waals surface area (Å²) in [5, 5.41) is 18.3. The number of carboxylic acid groups (broad SMARTS) is 1. The number of nitrogens with two attached hydrogens (primary N) is 1. The van der Waals surface area contributed by atoms with Crippen molar-refractivity contribution in [3.63, 3.8) is 0 Å². The van der Waals surface area contributed by atoms with Crippen molar-refractivity contribution in [2.75, 3.05) is 26.2 Å². The molecule has 1 saturated heterocycles. The molecule has 1 saturated carbocycles. The highest BCUT2D eigenvalue weighted by atomic mass is 16.4. The topological polar surface area (TPSA) is 157 Å². The van der Waals surface area contributed by atoms with Gasteiger partial charge in [0.2, 0.25) is 11.8 Å². The maximum absolute atomic E-state index is 13.2. The average molecular weight is 473 g/mol. The summed E-state index contributed by atoms with van der Waals surface area (Å²) in [4.78, 5) is 53.2. The molecule has 1 aromatic rings. The predicted molar refractivity (Wildman–Crippen MR) is 125 cm³/mol. The second-order valence-corrected chi connectivity index (χ2v) is 8.76. The molecule has 0 aromatic heterocycles. The Kier molecular flexibility index (Phi) is 8.83. The van der Waals surface area contributed by atoms with Gasteiger partial charge in [0.25, 0.3) is 5.91 Å². The first-order valence-electron chi connectivity index (χ1n) is 11.5. The fraction of sp³-hybridized carbons (Fsp3) is 0.522. The number of piperidine rings is 1. The molecule has 1 aromatic carbocycles. The van der Waals surface area contributed by atoms with Gasteiger partial charge in [0.05, 0.1) is 6.42 Å². The van der Waals surface area contributed by atoms with E-state index in [1.165, 1.54) is 4.90 Å². The highest BCUT2D eigenvalue weighted by molar-refractivity contribution is 5.99. The zero-order chi connectivity index (χ0) is 24.5. The Bertz CT molecular complexity index is 904. The Morgan fingerprint density at radius 2 is 1.94 bits per heavy atom. The Morgan fingerprint density at radius 3 is 2.59 bits per heavy atom. The van der Waals surface area contributed by atoms with Crippen LogP contribution in [0.15, 0.2) is 35.4 Å². The molecule has 2 atom stereocenters. The van der Waals surface area contributed by atoms with E-state index in [0.717, 1.165) is 19.4 Å². The molecule has 0 bridgehead atoms. The summed E-state index contributed by atoms with van der Waals surface area (Å²) in [6, 6.07) is 7.02. The first kappa shape index (κ1) is 25.0. The summed E-state index contributed by atoms with van der Waals surface area (Å²) < 4.78 is 0. The van der Waals surface area contributed by atoms with Crippen LogP contribution in [0.1, 0.15) is 42.5 Å². The monoisotopic (exact) mass is 472 g/mol. The lowest BCUT2D eigenvalue weighted by Crippen LogP contribution is -2.52. The van der Waals surface area contributed by atoms with Gasteiger partial charge in [-0.25, -0.2) is 0 Å². The van der Waals surface area contributed by atoms with Crippen LogP contribution in [0.2, 0.25) is 0 Å². The summed E-state index contributed by atoms with van der Waals surface area (Å²) in [6.07, 6.45) is 4.60. The zero-order valence-electron chi connectivity index (χ0n) is 19.1. The van der Waals surface area contributed by atoms with Crippen molar-refractivity contribution in [3.8, 4) is 0 Å². The van der Waals surface area contributed by atoms with E-state index in [9.17, 15) is 24.3 Å². The third-order valence-corrected chi connectivity index (χ3v) is 5.97. The molecule has 0 spiro atoms. The van der Waals surface area contributed by atoms with Crippen LogP contribution in [0.3, 0.4) is 0 Å². The number of amides is 3. The molecular formula is C23H32N6O5. The smallest absolute Gasteiger partial charge is 0.323 e. The van der Waals surface area contributed by atoms with Gasteiger partial charge >= 0.3 is 5.97 Å². The van der Waals surface area contributed by atoms with Gasteiger partial charge in [-0.1, -0.05) is 18.2 Å². The van der Waals surface area contributed by atoms with E-state index in [2.05, 4.69) is 15.7 Å².